The van der Waals surface area contributed by atoms with Gasteiger partial charge in [-0.1, -0.05) is 18.2 Å². The summed E-state index contributed by atoms with van der Waals surface area (Å²) in [6.45, 7) is 1.52. The van der Waals surface area contributed by atoms with Gasteiger partial charge in [0.05, 0.1) is 24.7 Å². The fraction of sp³-hybridized carbons (Fsp3) is 0.333. The SMILES string of the molecule is COc1cc(CCNC2COc3ccccc32)c(OC)cc1Br. The van der Waals surface area contributed by atoms with E-state index in [-0.39, 0.29) is 6.04 Å². The van der Waals surface area contributed by atoms with Crippen molar-refractivity contribution in [3.63, 3.8) is 0 Å². The van der Waals surface area contributed by atoms with Crippen LogP contribution in [-0.4, -0.2) is 27.4 Å². The highest BCUT2D eigenvalue weighted by atomic mass is 79.9. The van der Waals surface area contributed by atoms with Gasteiger partial charge in [-0.15, -0.1) is 0 Å². The Morgan fingerprint density at radius 2 is 1.96 bits per heavy atom. The van der Waals surface area contributed by atoms with Crippen molar-refractivity contribution in [3.05, 3.63) is 52.0 Å². The molecule has 0 amide bonds. The van der Waals surface area contributed by atoms with Gasteiger partial charge in [-0.2, -0.15) is 0 Å². The largest absolute Gasteiger partial charge is 0.496 e. The molecule has 1 unspecified atom stereocenters. The molecule has 1 aliphatic heterocycles. The third-order valence-electron chi connectivity index (χ3n) is 4.04. The van der Waals surface area contributed by atoms with Gasteiger partial charge in [-0.25, -0.2) is 0 Å². The van der Waals surface area contributed by atoms with Crippen molar-refractivity contribution in [2.75, 3.05) is 27.4 Å². The summed E-state index contributed by atoms with van der Waals surface area (Å²) >= 11 is 3.49. The molecule has 2 aromatic rings. The second-order valence-electron chi connectivity index (χ2n) is 5.40. The van der Waals surface area contributed by atoms with Gasteiger partial charge in [0.2, 0.25) is 0 Å². The average Bonchev–Trinajstić information content (AvgIpc) is 2.99. The van der Waals surface area contributed by atoms with Crippen molar-refractivity contribution in [1.29, 1.82) is 0 Å². The second kappa shape index (κ2) is 7.23. The minimum Gasteiger partial charge on any atom is -0.496 e. The molecule has 0 bridgehead atoms. The van der Waals surface area contributed by atoms with Crippen LogP contribution in [0.15, 0.2) is 40.9 Å². The molecule has 0 spiro atoms. The number of fused-ring (bicyclic) bond motifs is 1. The lowest BCUT2D eigenvalue weighted by atomic mass is 10.1. The number of halogens is 1. The number of hydrogen-bond acceptors (Lipinski definition) is 4. The highest BCUT2D eigenvalue weighted by Crippen LogP contribution is 2.34. The molecule has 1 N–H and O–H groups in total. The number of ether oxygens (including phenoxy) is 3. The first-order valence-corrected chi connectivity index (χ1v) is 8.37. The van der Waals surface area contributed by atoms with Gasteiger partial charge in [0, 0.05) is 12.1 Å². The zero-order valence-electron chi connectivity index (χ0n) is 13.3. The van der Waals surface area contributed by atoms with Crippen LogP contribution in [0.3, 0.4) is 0 Å². The van der Waals surface area contributed by atoms with Gasteiger partial charge >= 0.3 is 0 Å². The van der Waals surface area contributed by atoms with Gasteiger partial charge in [0.1, 0.15) is 23.9 Å². The fourth-order valence-corrected chi connectivity index (χ4v) is 3.32. The maximum Gasteiger partial charge on any atom is 0.133 e. The Kier molecular flexibility index (Phi) is 5.08. The van der Waals surface area contributed by atoms with E-state index < -0.39 is 0 Å². The molecule has 4 nitrogen and oxygen atoms in total. The Bertz CT molecular complexity index is 690. The lowest BCUT2D eigenvalue weighted by molar-refractivity contribution is 0.311. The van der Waals surface area contributed by atoms with Gasteiger partial charge in [-0.3, -0.25) is 0 Å². The molecule has 1 heterocycles. The van der Waals surface area contributed by atoms with E-state index in [1.165, 1.54) is 5.56 Å². The summed E-state index contributed by atoms with van der Waals surface area (Å²) in [6, 6.07) is 12.4. The maximum absolute atomic E-state index is 5.70. The van der Waals surface area contributed by atoms with Crippen molar-refractivity contribution in [2.45, 2.75) is 12.5 Å². The standard InChI is InChI=1S/C18H20BrNO3/c1-21-17-10-14(19)18(22-2)9-12(17)7-8-20-15-11-23-16-6-4-3-5-13(15)16/h3-6,9-10,15,20H,7-8,11H2,1-2H3. The molecule has 122 valence electrons. The second-order valence-corrected chi connectivity index (χ2v) is 6.26. The third-order valence-corrected chi connectivity index (χ3v) is 4.66. The highest BCUT2D eigenvalue weighted by molar-refractivity contribution is 9.10. The first-order valence-electron chi connectivity index (χ1n) is 7.58. The number of methoxy groups -OCH3 is 2. The summed E-state index contributed by atoms with van der Waals surface area (Å²) in [5.41, 5.74) is 2.35. The highest BCUT2D eigenvalue weighted by Gasteiger charge is 2.22. The van der Waals surface area contributed by atoms with E-state index >= 15 is 0 Å². The molecule has 0 fully saturated rings. The van der Waals surface area contributed by atoms with Crippen molar-refractivity contribution in [2.24, 2.45) is 0 Å². The molecule has 0 radical (unpaired) electrons. The van der Waals surface area contributed by atoms with E-state index in [2.05, 4.69) is 27.3 Å². The minimum absolute atomic E-state index is 0.245. The molecule has 1 aliphatic rings. The van der Waals surface area contributed by atoms with Crippen LogP contribution in [0.2, 0.25) is 0 Å². The molecule has 0 saturated heterocycles. The van der Waals surface area contributed by atoms with Gasteiger partial charge in [0.15, 0.2) is 0 Å². The Hall–Kier alpha value is -1.72. The number of hydrogen-bond donors (Lipinski definition) is 1. The van der Waals surface area contributed by atoms with Crippen LogP contribution in [0.4, 0.5) is 0 Å². The smallest absolute Gasteiger partial charge is 0.133 e. The monoisotopic (exact) mass is 377 g/mol. The predicted octanol–water partition coefficient (Wildman–Crippen LogP) is 3.73. The van der Waals surface area contributed by atoms with Gasteiger partial charge in [-0.05, 0) is 46.1 Å². The molecule has 2 aromatic carbocycles. The van der Waals surface area contributed by atoms with Crippen molar-refractivity contribution in [3.8, 4) is 17.2 Å². The van der Waals surface area contributed by atoms with E-state index in [0.29, 0.717) is 6.61 Å². The van der Waals surface area contributed by atoms with Crippen LogP contribution in [-0.2, 0) is 6.42 Å². The Labute approximate surface area is 144 Å². The molecule has 0 saturated carbocycles. The molecule has 0 aliphatic carbocycles. The molecule has 23 heavy (non-hydrogen) atoms. The van der Waals surface area contributed by atoms with Crippen molar-refractivity contribution in [1.82, 2.24) is 5.32 Å². The first kappa shape index (κ1) is 16.1. The molecule has 3 rings (SSSR count). The van der Waals surface area contributed by atoms with Crippen LogP contribution < -0.4 is 19.5 Å². The zero-order chi connectivity index (χ0) is 16.2. The Morgan fingerprint density at radius 3 is 2.74 bits per heavy atom. The Morgan fingerprint density at radius 1 is 1.17 bits per heavy atom. The molecular formula is C18H20BrNO3. The lowest BCUT2D eigenvalue weighted by Gasteiger charge is -2.15. The van der Waals surface area contributed by atoms with Gasteiger partial charge < -0.3 is 19.5 Å². The fourth-order valence-electron chi connectivity index (χ4n) is 2.83. The van der Waals surface area contributed by atoms with Crippen LogP contribution >= 0.6 is 15.9 Å². The minimum atomic E-state index is 0.245. The summed E-state index contributed by atoms with van der Waals surface area (Å²) in [6.07, 6.45) is 0.853. The Balaban J connectivity index is 1.65. The summed E-state index contributed by atoms with van der Waals surface area (Å²) < 4.78 is 17.4. The summed E-state index contributed by atoms with van der Waals surface area (Å²) in [7, 11) is 3.35. The summed E-state index contributed by atoms with van der Waals surface area (Å²) in [4.78, 5) is 0. The molecule has 5 heteroatoms. The number of rotatable bonds is 6. The van der Waals surface area contributed by atoms with E-state index in [1.54, 1.807) is 14.2 Å². The number of benzene rings is 2. The maximum atomic E-state index is 5.70. The van der Waals surface area contributed by atoms with E-state index in [9.17, 15) is 0 Å². The van der Waals surface area contributed by atoms with Crippen molar-refractivity contribution >= 4 is 15.9 Å². The molecule has 0 aromatic heterocycles. The quantitative estimate of drug-likeness (QED) is 0.832. The predicted molar refractivity (Wildman–Crippen MR) is 93.6 cm³/mol. The van der Waals surface area contributed by atoms with E-state index in [0.717, 1.165) is 40.3 Å². The van der Waals surface area contributed by atoms with E-state index in [1.807, 2.05) is 30.3 Å². The van der Waals surface area contributed by atoms with Crippen LogP contribution in [0.5, 0.6) is 17.2 Å². The number of para-hydroxylation sites is 1. The average molecular weight is 378 g/mol. The van der Waals surface area contributed by atoms with Gasteiger partial charge in [0.25, 0.3) is 0 Å². The third kappa shape index (κ3) is 3.46. The first-order chi connectivity index (χ1) is 11.2. The topological polar surface area (TPSA) is 39.7 Å². The zero-order valence-corrected chi connectivity index (χ0v) is 14.9. The summed E-state index contributed by atoms with van der Waals surface area (Å²) in [5.74, 6) is 2.66. The normalized spacial score (nSPS) is 15.9. The van der Waals surface area contributed by atoms with Crippen LogP contribution in [0, 0.1) is 0 Å². The van der Waals surface area contributed by atoms with Crippen LogP contribution in [0.25, 0.3) is 0 Å². The molecular weight excluding hydrogens is 358 g/mol. The number of nitrogens with one attached hydrogen (secondary N) is 1. The van der Waals surface area contributed by atoms with Crippen molar-refractivity contribution < 1.29 is 14.2 Å². The molecule has 1 atom stereocenters. The van der Waals surface area contributed by atoms with Crippen LogP contribution in [0.1, 0.15) is 17.2 Å². The summed E-state index contributed by atoms with van der Waals surface area (Å²) in [5, 5.41) is 3.56. The van der Waals surface area contributed by atoms with E-state index in [4.69, 9.17) is 14.2 Å². The lowest BCUT2D eigenvalue weighted by Crippen LogP contribution is -2.24.